The molecule has 82 valence electrons. The van der Waals surface area contributed by atoms with Crippen molar-refractivity contribution in [2.24, 2.45) is 5.92 Å². The monoisotopic (exact) mass is 208 g/mol. The summed E-state index contributed by atoms with van der Waals surface area (Å²) in [6.45, 7) is 4.08. The third-order valence-electron chi connectivity index (χ3n) is 2.71. The molecule has 1 saturated heterocycles. The Balaban J connectivity index is 2.24. The van der Waals surface area contributed by atoms with E-state index in [1.165, 1.54) is 12.5 Å². The Labute approximate surface area is 88.3 Å². The molecule has 1 aromatic heterocycles. The van der Waals surface area contributed by atoms with Crippen LogP contribution in [0, 0.1) is 5.92 Å². The highest BCUT2D eigenvalue weighted by Crippen LogP contribution is 2.19. The van der Waals surface area contributed by atoms with Crippen LogP contribution in [0.15, 0.2) is 10.9 Å². The molecule has 3 N–H and O–H groups in total. The van der Waals surface area contributed by atoms with Gasteiger partial charge in [0.15, 0.2) is 0 Å². The van der Waals surface area contributed by atoms with E-state index in [9.17, 15) is 4.79 Å². The van der Waals surface area contributed by atoms with Crippen LogP contribution in [0.2, 0.25) is 0 Å². The lowest BCUT2D eigenvalue weighted by atomic mass is 10.0. The molecule has 0 aromatic carbocycles. The van der Waals surface area contributed by atoms with Gasteiger partial charge in [0.1, 0.15) is 5.82 Å². The van der Waals surface area contributed by atoms with E-state index < -0.39 is 0 Å². The molecule has 0 bridgehead atoms. The summed E-state index contributed by atoms with van der Waals surface area (Å²) >= 11 is 0. The summed E-state index contributed by atoms with van der Waals surface area (Å²) in [5, 5.41) is 0. The molecule has 1 atom stereocenters. The average Bonchev–Trinajstić information content (AvgIpc) is 2.16. The topological polar surface area (TPSA) is 75.0 Å². The average molecular weight is 208 g/mol. The van der Waals surface area contributed by atoms with Crippen molar-refractivity contribution in [1.82, 2.24) is 9.97 Å². The Morgan fingerprint density at radius 3 is 3.13 bits per heavy atom. The first-order valence-electron chi connectivity index (χ1n) is 5.27. The molecule has 1 aliphatic heterocycles. The second-order valence-corrected chi connectivity index (χ2v) is 4.19. The van der Waals surface area contributed by atoms with Gasteiger partial charge in [-0.25, -0.2) is 0 Å². The minimum atomic E-state index is -0.185. The summed E-state index contributed by atoms with van der Waals surface area (Å²) in [5.41, 5.74) is 5.36. The van der Waals surface area contributed by atoms with E-state index in [0.717, 1.165) is 19.5 Å². The number of nitrogen functional groups attached to an aromatic ring is 1. The van der Waals surface area contributed by atoms with Crippen molar-refractivity contribution in [1.29, 1.82) is 0 Å². The van der Waals surface area contributed by atoms with E-state index in [1.54, 1.807) is 0 Å². The fourth-order valence-electron chi connectivity index (χ4n) is 1.99. The van der Waals surface area contributed by atoms with Crippen molar-refractivity contribution in [3.05, 3.63) is 16.4 Å². The fraction of sp³-hybridized carbons (Fsp3) is 0.600. The standard InChI is InChI=1S/C10H16N4O/c1-7-3-2-4-14(6-7)10-12-8(11)5-9(15)13-10/h5,7H,2-4,6H2,1H3,(H3,11,12,13,15)/t7-/m0/s1. The largest absolute Gasteiger partial charge is 0.383 e. The number of hydrogen-bond donors (Lipinski definition) is 2. The van der Waals surface area contributed by atoms with Crippen LogP contribution in [-0.2, 0) is 0 Å². The minimum absolute atomic E-state index is 0.185. The van der Waals surface area contributed by atoms with Gasteiger partial charge in [0.05, 0.1) is 0 Å². The predicted octanol–water partition coefficient (Wildman–Crippen LogP) is 0.588. The Hall–Kier alpha value is -1.52. The second-order valence-electron chi connectivity index (χ2n) is 4.19. The van der Waals surface area contributed by atoms with Gasteiger partial charge >= 0.3 is 0 Å². The van der Waals surface area contributed by atoms with Crippen molar-refractivity contribution in [2.75, 3.05) is 23.7 Å². The molecule has 0 unspecified atom stereocenters. The van der Waals surface area contributed by atoms with Gasteiger partial charge in [-0.2, -0.15) is 4.98 Å². The lowest BCUT2D eigenvalue weighted by Gasteiger charge is -2.31. The van der Waals surface area contributed by atoms with Gasteiger partial charge in [-0.05, 0) is 18.8 Å². The van der Waals surface area contributed by atoms with Gasteiger partial charge in [-0.1, -0.05) is 6.92 Å². The molecule has 1 aliphatic rings. The molecule has 2 heterocycles. The summed E-state index contributed by atoms with van der Waals surface area (Å²) in [4.78, 5) is 20.2. The number of nitrogens with two attached hydrogens (primary N) is 1. The summed E-state index contributed by atoms with van der Waals surface area (Å²) in [7, 11) is 0. The van der Waals surface area contributed by atoms with Crippen LogP contribution in [0.3, 0.4) is 0 Å². The highest BCUT2D eigenvalue weighted by atomic mass is 16.1. The van der Waals surface area contributed by atoms with Crippen molar-refractivity contribution in [3.63, 3.8) is 0 Å². The SMILES string of the molecule is C[C@H]1CCCN(c2nc(N)cc(=O)[nH]2)C1. The Bertz CT molecular complexity index is 401. The molecule has 0 radical (unpaired) electrons. The van der Waals surface area contributed by atoms with Gasteiger partial charge in [0.2, 0.25) is 5.95 Å². The number of nitrogens with zero attached hydrogens (tertiary/aromatic N) is 2. The summed E-state index contributed by atoms with van der Waals surface area (Å²) < 4.78 is 0. The van der Waals surface area contributed by atoms with Gasteiger partial charge in [-0.3, -0.25) is 9.78 Å². The smallest absolute Gasteiger partial charge is 0.254 e. The number of piperidine rings is 1. The highest BCUT2D eigenvalue weighted by Gasteiger charge is 2.18. The molecule has 1 aromatic rings. The van der Waals surface area contributed by atoms with E-state index in [0.29, 0.717) is 11.9 Å². The lowest BCUT2D eigenvalue weighted by molar-refractivity contribution is 0.442. The van der Waals surface area contributed by atoms with Crippen LogP contribution >= 0.6 is 0 Å². The van der Waals surface area contributed by atoms with E-state index in [2.05, 4.69) is 21.8 Å². The first-order chi connectivity index (χ1) is 7.15. The van der Waals surface area contributed by atoms with Gasteiger partial charge in [-0.15, -0.1) is 0 Å². The molecule has 15 heavy (non-hydrogen) atoms. The summed E-state index contributed by atoms with van der Waals surface area (Å²) in [5.74, 6) is 1.53. The second kappa shape index (κ2) is 3.92. The number of anilines is 2. The molecule has 0 amide bonds. The summed E-state index contributed by atoms with van der Waals surface area (Å²) in [6.07, 6.45) is 2.38. The Morgan fingerprint density at radius 2 is 2.47 bits per heavy atom. The highest BCUT2D eigenvalue weighted by molar-refractivity contribution is 5.38. The fourth-order valence-corrected chi connectivity index (χ4v) is 1.99. The number of H-pyrrole nitrogens is 1. The molecule has 2 rings (SSSR count). The third-order valence-corrected chi connectivity index (χ3v) is 2.71. The normalized spacial score (nSPS) is 21.7. The van der Waals surface area contributed by atoms with Crippen molar-refractivity contribution >= 4 is 11.8 Å². The quantitative estimate of drug-likeness (QED) is 0.708. The predicted molar refractivity (Wildman–Crippen MR) is 59.9 cm³/mol. The maximum absolute atomic E-state index is 11.2. The van der Waals surface area contributed by atoms with Crippen LogP contribution < -0.4 is 16.2 Å². The van der Waals surface area contributed by atoms with Crippen LogP contribution in [0.5, 0.6) is 0 Å². The minimum Gasteiger partial charge on any atom is -0.383 e. The molecular formula is C10H16N4O. The first kappa shape index (κ1) is 10.0. The van der Waals surface area contributed by atoms with E-state index >= 15 is 0 Å². The van der Waals surface area contributed by atoms with Gasteiger partial charge < -0.3 is 10.6 Å². The number of hydrogen-bond acceptors (Lipinski definition) is 4. The number of aromatic amines is 1. The molecular weight excluding hydrogens is 192 g/mol. The van der Waals surface area contributed by atoms with Crippen molar-refractivity contribution < 1.29 is 0 Å². The Kier molecular flexibility index (Phi) is 2.62. The maximum Gasteiger partial charge on any atom is 0.254 e. The van der Waals surface area contributed by atoms with E-state index in [4.69, 9.17) is 5.73 Å². The molecule has 0 spiro atoms. The van der Waals surface area contributed by atoms with E-state index in [1.807, 2.05) is 0 Å². The van der Waals surface area contributed by atoms with E-state index in [-0.39, 0.29) is 11.4 Å². The van der Waals surface area contributed by atoms with Crippen LogP contribution in [0.1, 0.15) is 19.8 Å². The molecule has 5 nitrogen and oxygen atoms in total. The zero-order valence-corrected chi connectivity index (χ0v) is 8.86. The van der Waals surface area contributed by atoms with Crippen molar-refractivity contribution in [3.8, 4) is 0 Å². The van der Waals surface area contributed by atoms with Gasteiger partial charge in [0, 0.05) is 19.2 Å². The van der Waals surface area contributed by atoms with Crippen LogP contribution in [-0.4, -0.2) is 23.1 Å². The number of nitrogens with one attached hydrogen (secondary N) is 1. The molecule has 1 fully saturated rings. The van der Waals surface area contributed by atoms with Crippen LogP contribution in [0.4, 0.5) is 11.8 Å². The molecule has 0 saturated carbocycles. The third kappa shape index (κ3) is 2.29. The maximum atomic E-state index is 11.2. The lowest BCUT2D eigenvalue weighted by Crippen LogP contribution is -2.36. The Morgan fingerprint density at radius 1 is 1.67 bits per heavy atom. The van der Waals surface area contributed by atoms with Gasteiger partial charge in [0.25, 0.3) is 5.56 Å². The van der Waals surface area contributed by atoms with Crippen molar-refractivity contribution in [2.45, 2.75) is 19.8 Å². The van der Waals surface area contributed by atoms with Crippen LogP contribution in [0.25, 0.3) is 0 Å². The molecule has 5 heteroatoms. The summed E-state index contributed by atoms with van der Waals surface area (Å²) in [6, 6.07) is 1.30. The zero-order chi connectivity index (χ0) is 10.8. The number of rotatable bonds is 1. The first-order valence-corrected chi connectivity index (χ1v) is 5.27. The number of aromatic nitrogens is 2. The zero-order valence-electron chi connectivity index (χ0n) is 8.86. The molecule has 0 aliphatic carbocycles.